The van der Waals surface area contributed by atoms with Gasteiger partial charge in [-0.05, 0) is 74.0 Å². The molecule has 0 spiro atoms. The van der Waals surface area contributed by atoms with Crippen LogP contribution in [0, 0.1) is 34.9 Å². The number of benzene rings is 1. The number of hydrogen-bond donors (Lipinski definition) is 0. The van der Waals surface area contributed by atoms with Gasteiger partial charge in [0.1, 0.15) is 12.2 Å². The Morgan fingerprint density at radius 3 is 2.17 bits per heavy atom. The highest BCUT2D eigenvalue weighted by molar-refractivity contribution is 5.79. The summed E-state index contributed by atoms with van der Waals surface area (Å²) >= 11 is 0. The van der Waals surface area contributed by atoms with E-state index in [-0.39, 0.29) is 23.7 Å². The average Bonchev–Trinajstić information content (AvgIpc) is 2.53. The molecule has 4 aliphatic rings. The summed E-state index contributed by atoms with van der Waals surface area (Å²) in [4.78, 5) is 14.7. The highest BCUT2D eigenvalue weighted by Gasteiger charge is 2.54. The molecule has 126 valence electrons. The molecule has 4 heteroatoms. The molecule has 1 amide bonds. The molecular weight excluding hydrogens is 303 g/mol. The van der Waals surface area contributed by atoms with Gasteiger partial charge in [-0.15, -0.1) is 0 Å². The summed E-state index contributed by atoms with van der Waals surface area (Å²) in [7, 11) is 0. The number of halogens is 1. The second-order valence-corrected chi connectivity index (χ2v) is 8.08. The van der Waals surface area contributed by atoms with Crippen molar-refractivity contribution >= 4 is 5.91 Å². The molecule has 3 nitrogen and oxygen atoms in total. The van der Waals surface area contributed by atoms with Crippen LogP contribution in [-0.4, -0.2) is 16.3 Å². The second-order valence-electron chi connectivity index (χ2n) is 8.08. The molecule has 24 heavy (non-hydrogen) atoms. The van der Waals surface area contributed by atoms with Crippen molar-refractivity contribution in [1.29, 1.82) is 5.26 Å². The van der Waals surface area contributed by atoms with E-state index in [9.17, 15) is 9.18 Å². The van der Waals surface area contributed by atoms with Crippen molar-refractivity contribution in [1.82, 2.24) is 4.90 Å². The minimum absolute atomic E-state index is 0.0659. The topological polar surface area (TPSA) is 44.1 Å². The van der Waals surface area contributed by atoms with Gasteiger partial charge in [0.25, 0.3) is 0 Å². The van der Waals surface area contributed by atoms with Crippen LogP contribution in [0.25, 0.3) is 0 Å². The lowest BCUT2D eigenvalue weighted by Gasteiger charge is -2.60. The fourth-order valence-corrected chi connectivity index (χ4v) is 5.85. The van der Waals surface area contributed by atoms with Crippen LogP contribution in [0.1, 0.15) is 50.5 Å². The molecule has 0 N–H and O–H groups in total. The van der Waals surface area contributed by atoms with Gasteiger partial charge in [-0.2, -0.15) is 5.26 Å². The first kappa shape index (κ1) is 15.6. The smallest absolute Gasteiger partial charge is 0.237 e. The molecule has 0 saturated heterocycles. The lowest BCUT2D eigenvalue weighted by molar-refractivity contribution is -0.151. The van der Waals surface area contributed by atoms with E-state index >= 15 is 0 Å². The Hall–Kier alpha value is -1.89. The maximum Gasteiger partial charge on any atom is 0.237 e. The molecule has 0 aromatic heterocycles. The summed E-state index contributed by atoms with van der Waals surface area (Å²) < 4.78 is 13.2. The quantitative estimate of drug-likeness (QED) is 0.838. The fourth-order valence-electron chi connectivity index (χ4n) is 5.85. The molecule has 4 saturated carbocycles. The second kappa shape index (κ2) is 5.88. The van der Waals surface area contributed by atoms with E-state index in [4.69, 9.17) is 5.26 Å². The first-order valence-corrected chi connectivity index (χ1v) is 9.00. The van der Waals surface area contributed by atoms with Gasteiger partial charge in [0.2, 0.25) is 5.91 Å². The maximum absolute atomic E-state index is 13.2. The van der Waals surface area contributed by atoms with E-state index in [1.807, 2.05) is 11.0 Å². The van der Waals surface area contributed by atoms with Gasteiger partial charge in [0, 0.05) is 12.1 Å². The van der Waals surface area contributed by atoms with Crippen molar-refractivity contribution in [2.24, 2.45) is 17.8 Å². The third-order valence-electron chi connectivity index (χ3n) is 6.36. The first-order valence-electron chi connectivity index (χ1n) is 9.00. The summed E-state index contributed by atoms with van der Waals surface area (Å²) in [5.74, 6) is 1.89. The van der Waals surface area contributed by atoms with Crippen molar-refractivity contribution in [3.63, 3.8) is 0 Å². The highest BCUT2D eigenvalue weighted by Crippen LogP contribution is 2.58. The minimum Gasteiger partial charge on any atom is -0.332 e. The predicted octanol–water partition coefficient (Wildman–Crippen LogP) is 4.04. The Bertz CT molecular complexity index is 641. The predicted molar refractivity (Wildman–Crippen MR) is 88.1 cm³/mol. The lowest BCUT2D eigenvalue weighted by atomic mass is 9.52. The number of rotatable bonds is 4. The van der Waals surface area contributed by atoms with Gasteiger partial charge < -0.3 is 4.90 Å². The molecule has 0 heterocycles. The highest BCUT2D eigenvalue weighted by atomic mass is 19.1. The van der Waals surface area contributed by atoms with Gasteiger partial charge in [-0.3, -0.25) is 4.79 Å². The van der Waals surface area contributed by atoms with Crippen molar-refractivity contribution in [2.45, 2.75) is 57.0 Å². The standard InChI is InChI=1S/C20H23FN2O/c21-18-3-1-14(2-4-18)13-23(19(24)5-6-22)20-10-15-7-16(11-20)9-17(8-15)12-20/h1-4,15-17H,5,7-13H2. The average molecular weight is 326 g/mol. The molecule has 0 aliphatic heterocycles. The van der Waals surface area contributed by atoms with Crippen molar-refractivity contribution in [3.05, 3.63) is 35.6 Å². The van der Waals surface area contributed by atoms with Crippen LogP contribution in [0.5, 0.6) is 0 Å². The molecule has 0 atom stereocenters. The van der Waals surface area contributed by atoms with Gasteiger partial charge >= 0.3 is 0 Å². The molecule has 4 bridgehead atoms. The van der Waals surface area contributed by atoms with Crippen LogP contribution in [0.2, 0.25) is 0 Å². The SMILES string of the molecule is N#CCC(=O)N(Cc1ccc(F)cc1)C12CC3CC(CC(C3)C1)C2. The van der Waals surface area contributed by atoms with Crippen LogP contribution in [0.3, 0.4) is 0 Å². The largest absolute Gasteiger partial charge is 0.332 e. The molecule has 0 unspecified atom stereocenters. The van der Waals surface area contributed by atoms with Crippen LogP contribution in [-0.2, 0) is 11.3 Å². The first-order chi connectivity index (χ1) is 11.6. The summed E-state index contributed by atoms with van der Waals surface area (Å²) in [5, 5.41) is 9.02. The number of carbonyl (C=O) groups excluding carboxylic acids is 1. The number of nitriles is 1. The van der Waals surface area contributed by atoms with E-state index in [1.165, 1.54) is 31.4 Å². The lowest BCUT2D eigenvalue weighted by Crippen LogP contribution is -2.61. The molecule has 5 rings (SSSR count). The summed E-state index contributed by atoms with van der Waals surface area (Å²) in [6, 6.07) is 8.42. The van der Waals surface area contributed by atoms with Crippen LogP contribution in [0.15, 0.2) is 24.3 Å². The normalized spacial score (nSPS) is 33.2. The third-order valence-corrected chi connectivity index (χ3v) is 6.36. The Labute approximate surface area is 142 Å². The van der Waals surface area contributed by atoms with Crippen LogP contribution >= 0.6 is 0 Å². The van der Waals surface area contributed by atoms with Crippen molar-refractivity contribution in [3.8, 4) is 6.07 Å². The monoisotopic (exact) mass is 326 g/mol. The molecule has 4 aliphatic carbocycles. The van der Waals surface area contributed by atoms with E-state index < -0.39 is 0 Å². The number of nitrogens with zero attached hydrogens (tertiary/aromatic N) is 2. The Kier molecular flexibility index (Phi) is 3.83. The zero-order chi connectivity index (χ0) is 16.7. The Balaban J connectivity index is 1.64. The van der Waals surface area contributed by atoms with E-state index in [2.05, 4.69) is 0 Å². The van der Waals surface area contributed by atoms with E-state index in [1.54, 1.807) is 12.1 Å². The number of carbonyl (C=O) groups is 1. The maximum atomic E-state index is 13.2. The van der Waals surface area contributed by atoms with Gasteiger partial charge in [0.15, 0.2) is 0 Å². The summed E-state index contributed by atoms with van der Waals surface area (Å²) in [6.45, 7) is 0.493. The van der Waals surface area contributed by atoms with Gasteiger partial charge in [-0.1, -0.05) is 12.1 Å². The number of amides is 1. The van der Waals surface area contributed by atoms with Gasteiger partial charge in [-0.25, -0.2) is 4.39 Å². The van der Waals surface area contributed by atoms with Crippen molar-refractivity contribution < 1.29 is 9.18 Å². The summed E-state index contributed by atoms with van der Waals surface area (Å²) in [5.41, 5.74) is 0.871. The Morgan fingerprint density at radius 1 is 1.12 bits per heavy atom. The third kappa shape index (κ3) is 2.70. The van der Waals surface area contributed by atoms with Crippen molar-refractivity contribution in [2.75, 3.05) is 0 Å². The van der Waals surface area contributed by atoms with E-state index in [0.29, 0.717) is 6.54 Å². The minimum atomic E-state index is -0.261. The Morgan fingerprint density at radius 2 is 1.67 bits per heavy atom. The van der Waals surface area contributed by atoms with Crippen LogP contribution in [0.4, 0.5) is 4.39 Å². The molecule has 4 fully saturated rings. The zero-order valence-corrected chi connectivity index (χ0v) is 13.9. The van der Waals surface area contributed by atoms with E-state index in [0.717, 1.165) is 42.6 Å². The molecule has 1 aromatic carbocycles. The number of hydrogen-bond acceptors (Lipinski definition) is 2. The van der Waals surface area contributed by atoms with Gasteiger partial charge in [0.05, 0.1) is 6.07 Å². The fraction of sp³-hybridized carbons (Fsp3) is 0.600. The van der Waals surface area contributed by atoms with Crippen LogP contribution < -0.4 is 0 Å². The molecular formula is C20H23FN2O. The zero-order valence-electron chi connectivity index (χ0n) is 13.9. The molecule has 1 aromatic rings. The molecule has 0 radical (unpaired) electrons. The summed E-state index contributed by atoms with van der Waals surface area (Å²) in [6.07, 6.45) is 7.12.